The molecule has 0 saturated carbocycles. The third kappa shape index (κ3) is 3.11. The van der Waals surface area contributed by atoms with Crippen molar-refractivity contribution in [3.05, 3.63) is 65.7 Å². The molecule has 0 bridgehead atoms. The predicted octanol–water partition coefficient (Wildman–Crippen LogP) is 2.51. The molecule has 1 aromatic carbocycles. The Kier molecular flexibility index (Phi) is 3.83. The Labute approximate surface area is 100 Å². The maximum Gasteiger partial charge on any atom is 0.123 e. The van der Waals surface area contributed by atoms with Crippen molar-refractivity contribution in [3.8, 4) is 0 Å². The van der Waals surface area contributed by atoms with E-state index in [9.17, 15) is 4.39 Å². The number of pyridine rings is 1. The van der Waals surface area contributed by atoms with Gasteiger partial charge in [0.2, 0.25) is 0 Å². The van der Waals surface area contributed by atoms with Gasteiger partial charge in [-0.15, -0.1) is 0 Å². The van der Waals surface area contributed by atoms with E-state index < -0.39 is 0 Å². The van der Waals surface area contributed by atoms with Gasteiger partial charge >= 0.3 is 0 Å². The van der Waals surface area contributed by atoms with Crippen LogP contribution in [0.15, 0.2) is 48.8 Å². The molecule has 2 nitrogen and oxygen atoms in total. The van der Waals surface area contributed by atoms with Gasteiger partial charge in [-0.2, -0.15) is 0 Å². The third-order valence-corrected chi connectivity index (χ3v) is 2.86. The van der Waals surface area contributed by atoms with E-state index >= 15 is 0 Å². The minimum absolute atomic E-state index is 0.207. The van der Waals surface area contributed by atoms with Crippen molar-refractivity contribution < 1.29 is 4.39 Å². The van der Waals surface area contributed by atoms with Gasteiger partial charge in [-0.05, 0) is 48.4 Å². The number of nitrogens with two attached hydrogens (primary N) is 1. The Bertz CT molecular complexity index is 453. The van der Waals surface area contributed by atoms with Crippen molar-refractivity contribution >= 4 is 0 Å². The topological polar surface area (TPSA) is 38.9 Å². The molecular weight excluding hydrogens is 215 g/mol. The summed E-state index contributed by atoms with van der Waals surface area (Å²) in [4.78, 5) is 3.99. The Morgan fingerprint density at radius 3 is 2.29 bits per heavy atom. The first-order chi connectivity index (χ1) is 8.29. The molecule has 2 aromatic rings. The lowest BCUT2D eigenvalue weighted by atomic mass is 9.93. The van der Waals surface area contributed by atoms with Crippen molar-refractivity contribution in [2.75, 3.05) is 6.54 Å². The van der Waals surface area contributed by atoms with E-state index in [2.05, 4.69) is 4.98 Å². The highest BCUT2D eigenvalue weighted by molar-refractivity contribution is 5.23. The first kappa shape index (κ1) is 11.7. The van der Waals surface area contributed by atoms with Crippen molar-refractivity contribution in [3.63, 3.8) is 0 Å². The van der Waals surface area contributed by atoms with Gasteiger partial charge < -0.3 is 5.73 Å². The minimum Gasteiger partial charge on any atom is -0.330 e. The van der Waals surface area contributed by atoms with E-state index in [0.29, 0.717) is 6.54 Å². The van der Waals surface area contributed by atoms with Crippen LogP contribution in [0, 0.1) is 5.82 Å². The molecule has 3 heteroatoms. The van der Waals surface area contributed by atoms with Gasteiger partial charge in [0.25, 0.3) is 0 Å². The molecule has 1 atom stereocenters. The van der Waals surface area contributed by atoms with Gasteiger partial charge in [0.05, 0.1) is 0 Å². The summed E-state index contributed by atoms with van der Waals surface area (Å²) in [5.74, 6) is 0.0467. The molecule has 0 fully saturated rings. The average Bonchev–Trinajstić information content (AvgIpc) is 2.39. The lowest BCUT2D eigenvalue weighted by Crippen LogP contribution is -2.15. The lowest BCUT2D eigenvalue weighted by Gasteiger charge is -2.14. The van der Waals surface area contributed by atoms with Crippen LogP contribution in [0.1, 0.15) is 17.0 Å². The summed E-state index contributed by atoms with van der Waals surface area (Å²) >= 11 is 0. The van der Waals surface area contributed by atoms with Gasteiger partial charge in [0.15, 0.2) is 0 Å². The van der Waals surface area contributed by atoms with Gasteiger partial charge in [0.1, 0.15) is 5.82 Å². The van der Waals surface area contributed by atoms with Crippen LogP contribution in [0.5, 0.6) is 0 Å². The van der Waals surface area contributed by atoms with E-state index in [1.807, 2.05) is 12.1 Å². The monoisotopic (exact) mass is 230 g/mol. The first-order valence-corrected chi connectivity index (χ1v) is 5.64. The second-order valence-electron chi connectivity index (χ2n) is 4.04. The Morgan fingerprint density at radius 2 is 1.71 bits per heavy atom. The molecule has 0 aliphatic rings. The number of halogens is 1. The molecule has 0 radical (unpaired) electrons. The summed E-state index contributed by atoms with van der Waals surface area (Å²) in [5.41, 5.74) is 8.06. The maximum atomic E-state index is 12.8. The fourth-order valence-electron chi connectivity index (χ4n) is 1.88. The first-order valence-electron chi connectivity index (χ1n) is 5.64. The lowest BCUT2D eigenvalue weighted by molar-refractivity contribution is 0.625. The van der Waals surface area contributed by atoms with E-state index in [1.54, 1.807) is 24.5 Å². The molecule has 1 aromatic heterocycles. The summed E-state index contributed by atoms with van der Waals surface area (Å²) in [6, 6.07) is 10.5. The summed E-state index contributed by atoms with van der Waals surface area (Å²) in [7, 11) is 0. The van der Waals surface area contributed by atoms with Crippen LogP contribution in [0.3, 0.4) is 0 Å². The second kappa shape index (κ2) is 5.55. The fraction of sp³-hybridized carbons (Fsp3) is 0.214. The van der Waals surface area contributed by atoms with E-state index in [1.165, 1.54) is 17.7 Å². The zero-order chi connectivity index (χ0) is 12.1. The van der Waals surface area contributed by atoms with Crippen LogP contribution >= 0.6 is 0 Å². The van der Waals surface area contributed by atoms with Crippen molar-refractivity contribution in [1.82, 2.24) is 4.98 Å². The molecule has 1 heterocycles. The zero-order valence-electron chi connectivity index (χ0n) is 9.51. The highest BCUT2D eigenvalue weighted by Crippen LogP contribution is 2.19. The fourth-order valence-corrected chi connectivity index (χ4v) is 1.88. The maximum absolute atomic E-state index is 12.8. The molecule has 0 amide bonds. The summed E-state index contributed by atoms with van der Waals surface area (Å²) < 4.78 is 12.8. The normalized spacial score (nSPS) is 12.4. The number of hydrogen-bond acceptors (Lipinski definition) is 2. The molecule has 0 aliphatic heterocycles. The summed E-state index contributed by atoms with van der Waals surface area (Å²) in [6.45, 7) is 0.571. The van der Waals surface area contributed by atoms with Crippen molar-refractivity contribution in [2.24, 2.45) is 5.73 Å². The van der Waals surface area contributed by atoms with Gasteiger partial charge in [-0.3, -0.25) is 4.98 Å². The summed E-state index contributed by atoms with van der Waals surface area (Å²) in [6.07, 6.45) is 4.35. The van der Waals surface area contributed by atoms with Crippen LogP contribution in [0.4, 0.5) is 4.39 Å². The number of rotatable bonds is 4. The van der Waals surface area contributed by atoms with Crippen molar-refractivity contribution in [1.29, 1.82) is 0 Å². The summed E-state index contributed by atoms with van der Waals surface area (Å²) in [5, 5.41) is 0. The second-order valence-corrected chi connectivity index (χ2v) is 4.04. The molecule has 88 valence electrons. The average molecular weight is 230 g/mol. The molecule has 0 unspecified atom stereocenters. The number of benzene rings is 1. The van der Waals surface area contributed by atoms with Gasteiger partial charge in [-0.1, -0.05) is 12.1 Å². The SMILES string of the molecule is NC[C@@H](Cc1ccc(F)cc1)c1ccncc1. The molecule has 0 spiro atoms. The molecular formula is C14H15FN2. The minimum atomic E-state index is -0.207. The Morgan fingerprint density at radius 1 is 1.06 bits per heavy atom. The van der Waals surface area contributed by atoms with Crippen LogP contribution in [-0.2, 0) is 6.42 Å². The van der Waals surface area contributed by atoms with E-state index in [0.717, 1.165) is 12.0 Å². The quantitative estimate of drug-likeness (QED) is 0.876. The highest BCUT2D eigenvalue weighted by Gasteiger charge is 2.10. The molecule has 2 rings (SSSR count). The van der Waals surface area contributed by atoms with Gasteiger partial charge in [-0.25, -0.2) is 4.39 Å². The number of hydrogen-bond donors (Lipinski definition) is 1. The predicted molar refractivity (Wildman–Crippen MR) is 66.1 cm³/mol. The largest absolute Gasteiger partial charge is 0.330 e. The Balaban J connectivity index is 2.13. The molecule has 0 aliphatic carbocycles. The van der Waals surface area contributed by atoms with Crippen LogP contribution < -0.4 is 5.73 Å². The molecule has 0 saturated heterocycles. The highest BCUT2D eigenvalue weighted by atomic mass is 19.1. The van der Waals surface area contributed by atoms with Crippen molar-refractivity contribution in [2.45, 2.75) is 12.3 Å². The zero-order valence-corrected chi connectivity index (χ0v) is 9.51. The Hall–Kier alpha value is -1.74. The number of nitrogens with zero attached hydrogens (tertiary/aromatic N) is 1. The third-order valence-electron chi connectivity index (χ3n) is 2.86. The van der Waals surface area contributed by atoms with Crippen LogP contribution in [0.25, 0.3) is 0 Å². The van der Waals surface area contributed by atoms with Gasteiger partial charge in [0, 0.05) is 18.3 Å². The smallest absolute Gasteiger partial charge is 0.123 e. The van der Waals surface area contributed by atoms with Crippen LogP contribution in [-0.4, -0.2) is 11.5 Å². The van der Waals surface area contributed by atoms with Crippen LogP contribution in [0.2, 0.25) is 0 Å². The molecule has 2 N–H and O–H groups in total. The van der Waals surface area contributed by atoms with E-state index in [4.69, 9.17) is 5.73 Å². The van der Waals surface area contributed by atoms with E-state index in [-0.39, 0.29) is 11.7 Å². The number of aromatic nitrogens is 1. The molecule has 17 heavy (non-hydrogen) atoms. The standard InChI is InChI=1S/C14H15FN2/c15-14-3-1-11(2-4-14)9-13(10-16)12-5-7-17-8-6-12/h1-8,13H,9-10,16H2/t13-/m1/s1.